The molecule has 0 aromatic heterocycles. The summed E-state index contributed by atoms with van der Waals surface area (Å²) < 4.78 is 0. The van der Waals surface area contributed by atoms with E-state index in [2.05, 4.69) is 0 Å². The molecule has 1 aromatic rings. The van der Waals surface area contributed by atoms with Crippen molar-refractivity contribution in [1.29, 1.82) is 5.26 Å². The SMILES string of the molecule is CN(C)CCC[C@@](C#N)(Cc1ccccc1)C(=O)O. The van der Waals surface area contributed by atoms with E-state index in [0.717, 1.165) is 12.1 Å². The van der Waals surface area contributed by atoms with Gasteiger partial charge >= 0.3 is 5.97 Å². The molecule has 0 heterocycles. The van der Waals surface area contributed by atoms with Crippen LogP contribution >= 0.6 is 0 Å². The maximum absolute atomic E-state index is 11.5. The van der Waals surface area contributed by atoms with Crippen molar-refractivity contribution < 1.29 is 9.90 Å². The summed E-state index contributed by atoms with van der Waals surface area (Å²) in [5.41, 5.74) is -0.437. The summed E-state index contributed by atoms with van der Waals surface area (Å²) in [6.45, 7) is 0.783. The first kappa shape index (κ1) is 15.2. The number of nitrogens with zero attached hydrogens (tertiary/aromatic N) is 2. The Hall–Kier alpha value is -1.86. The number of benzene rings is 1. The van der Waals surface area contributed by atoms with Crippen molar-refractivity contribution in [2.24, 2.45) is 5.41 Å². The lowest BCUT2D eigenvalue weighted by Crippen LogP contribution is -2.33. The van der Waals surface area contributed by atoms with Crippen LogP contribution in [0.3, 0.4) is 0 Å². The van der Waals surface area contributed by atoms with E-state index in [9.17, 15) is 15.2 Å². The van der Waals surface area contributed by atoms with Gasteiger partial charge < -0.3 is 10.0 Å². The Labute approximate surface area is 114 Å². The fourth-order valence-corrected chi connectivity index (χ4v) is 2.06. The summed E-state index contributed by atoms with van der Waals surface area (Å²) in [6.07, 6.45) is 1.32. The van der Waals surface area contributed by atoms with Crippen LogP contribution in [0.15, 0.2) is 30.3 Å². The van der Waals surface area contributed by atoms with Gasteiger partial charge in [0, 0.05) is 6.42 Å². The molecule has 0 aliphatic heterocycles. The van der Waals surface area contributed by atoms with Crippen LogP contribution in [0.4, 0.5) is 0 Å². The molecule has 0 unspecified atom stereocenters. The fraction of sp³-hybridized carbons (Fsp3) is 0.467. The van der Waals surface area contributed by atoms with Gasteiger partial charge in [0.15, 0.2) is 5.41 Å². The van der Waals surface area contributed by atoms with Crippen molar-refractivity contribution in [3.05, 3.63) is 35.9 Å². The normalized spacial score (nSPS) is 13.8. The molecule has 0 amide bonds. The molecule has 0 spiro atoms. The molecule has 1 N–H and O–H groups in total. The lowest BCUT2D eigenvalue weighted by Gasteiger charge is -2.22. The lowest BCUT2D eigenvalue weighted by molar-refractivity contribution is -0.146. The number of rotatable bonds is 7. The highest BCUT2D eigenvalue weighted by Gasteiger charge is 2.38. The van der Waals surface area contributed by atoms with Gasteiger partial charge in [-0.2, -0.15) is 5.26 Å². The first-order valence-electron chi connectivity index (χ1n) is 6.33. The number of hydrogen-bond acceptors (Lipinski definition) is 3. The minimum atomic E-state index is -1.32. The highest BCUT2D eigenvalue weighted by molar-refractivity contribution is 5.78. The smallest absolute Gasteiger partial charge is 0.324 e. The second kappa shape index (κ2) is 6.91. The van der Waals surface area contributed by atoms with Gasteiger partial charge in [-0.05, 0) is 39.0 Å². The average molecular weight is 260 g/mol. The Morgan fingerprint density at radius 3 is 2.47 bits per heavy atom. The van der Waals surface area contributed by atoms with Crippen molar-refractivity contribution in [1.82, 2.24) is 4.90 Å². The van der Waals surface area contributed by atoms with Crippen LogP contribution in [0.25, 0.3) is 0 Å². The van der Waals surface area contributed by atoms with Gasteiger partial charge in [0.05, 0.1) is 6.07 Å². The molecule has 1 aromatic carbocycles. The van der Waals surface area contributed by atoms with E-state index in [0.29, 0.717) is 12.8 Å². The first-order valence-corrected chi connectivity index (χ1v) is 6.33. The van der Waals surface area contributed by atoms with Gasteiger partial charge in [0.1, 0.15) is 0 Å². The molecule has 4 heteroatoms. The number of aliphatic carboxylic acids is 1. The van der Waals surface area contributed by atoms with Gasteiger partial charge in [0.25, 0.3) is 0 Å². The number of carboxylic acids is 1. The predicted octanol–water partition coefficient (Wildman–Crippen LogP) is 2.17. The van der Waals surface area contributed by atoms with Crippen molar-refractivity contribution in [3.63, 3.8) is 0 Å². The van der Waals surface area contributed by atoms with E-state index in [1.807, 2.05) is 55.4 Å². The van der Waals surface area contributed by atoms with E-state index in [1.165, 1.54) is 0 Å². The third-order valence-electron chi connectivity index (χ3n) is 3.18. The third kappa shape index (κ3) is 4.38. The second-order valence-corrected chi connectivity index (χ2v) is 5.07. The van der Waals surface area contributed by atoms with E-state index in [-0.39, 0.29) is 6.42 Å². The zero-order valence-electron chi connectivity index (χ0n) is 11.5. The van der Waals surface area contributed by atoms with E-state index < -0.39 is 11.4 Å². The molecule has 0 saturated carbocycles. The van der Waals surface area contributed by atoms with Gasteiger partial charge in [-0.3, -0.25) is 4.79 Å². The van der Waals surface area contributed by atoms with Crippen molar-refractivity contribution in [2.75, 3.05) is 20.6 Å². The summed E-state index contributed by atoms with van der Waals surface area (Å²) in [4.78, 5) is 13.5. The molecule has 1 atom stereocenters. The minimum Gasteiger partial charge on any atom is -0.480 e. The molecule has 0 aliphatic rings. The van der Waals surface area contributed by atoms with Crippen LogP contribution in [0.1, 0.15) is 18.4 Å². The Balaban J connectivity index is 2.82. The molecule has 0 fully saturated rings. The maximum atomic E-state index is 11.5. The zero-order chi connectivity index (χ0) is 14.3. The Kier molecular flexibility index (Phi) is 5.53. The molecule has 19 heavy (non-hydrogen) atoms. The number of carbonyl (C=O) groups is 1. The summed E-state index contributed by atoms with van der Waals surface area (Å²) >= 11 is 0. The summed E-state index contributed by atoms with van der Waals surface area (Å²) in [6, 6.07) is 11.3. The zero-order valence-corrected chi connectivity index (χ0v) is 11.5. The van der Waals surface area contributed by atoms with Gasteiger partial charge in [-0.1, -0.05) is 30.3 Å². The fourth-order valence-electron chi connectivity index (χ4n) is 2.06. The van der Waals surface area contributed by atoms with Crippen LogP contribution in [0.2, 0.25) is 0 Å². The van der Waals surface area contributed by atoms with Crippen LogP contribution < -0.4 is 0 Å². The van der Waals surface area contributed by atoms with Gasteiger partial charge in [-0.15, -0.1) is 0 Å². The van der Waals surface area contributed by atoms with Gasteiger partial charge in [-0.25, -0.2) is 0 Å². The number of nitriles is 1. The summed E-state index contributed by atoms with van der Waals surface area (Å²) in [5.74, 6) is -1.03. The molecular formula is C15H20N2O2. The van der Waals surface area contributed by atoms with Crippen molar-refractivity contribution >= 4 is 5.97 Å². The van der Waals surface area contributed by atoms with Gasteiger partial charge in [0.2, 0.25) is 0 Å². The lowest BCUT2D eigenvalue weighted by atomic mass is 9.79. The third-order valence-corrected chi connectivity index (χ3v) is 3.18. The molecular weight excluding hydrogens is 240 g/mol. The Morgan fingerprint density at radius 1 is 1.37 bits per heavy atom. The largest absolute Gasteiger partial charge is 0.480 e. The molecule has 0 radical (unpaired) electrons. The van der Waals surface area contributed by atoms with E-state index in [4.69, 9.17) is 0 Å². The van der Waals surface area contributed by atoms with Crippen LogP contribution in [0.5, 0.6) is 0 Å². The monoisotopic (exact) mass is 260 g/mol. The highest BCUT2D eigenvalue weighted by Crippen LogP contribution is 2.28. The Bertz CT molecular complexity index is 451. The molecule has 102 valence electrons. The molecule has 0 saturated heterocycles. The first-order chi connectivity index (χ1) is 9.00. The van der Waals surface area contributed by atoms with E-state index >= 15 is 0 Å². The van der Waals surface area contributed by atoms with E-state index in [1.54, 1.807) is 0 Å². The van der Waals surface area contributed by atoms with Crippen LogP contribution in [-0.4, -0.2) is 36.6 Å². The number of hydrogen-bond donors (Lipinski definition) is 1. The van der Waals surface area contributed by atoms with Crippen molar-refractivity contribution in [2.45, 2.75) is 19.3 Å². The summed E-state index contributed by atoms with van der Waals surface area (Å²) in [7, 11) is 3.87. The quantitative estimate of drug-likeness (QED) is 0.816. The van der Waals surface area contributed by atoms with Crippen molar-refractivity contribution in [3.8, 4) is 6.07 Å². The highest BCUT2D eigenvalue weighted by atomic mass is 16.4. The number of carboxylic acid groups (broad SMARTS) is 1. The van der Waals surface area contributed by atoms with Crippen LogP contribution in [0, 0.1) is 16.7 Å². The Morgan fingerprint density at radius 2 is 2.00 bits per heavy atom. The average Bonchev–Trinajstić information content (AvgIpc) is 2.38. The minimum absolute atomic E-state index is 0.257. The predicted molar refractivity (Wildman–Crippen MR) is 73.6 cm³/mol. The topological polar surface area (TPSA) is 64.3 Å². The molecule has 0 bridgehead atoms. The molecule has 0 aliphatic carbocycles. The standard InChI is InChI=1S/C15H20N2O2/c1-17(2)10-6-9-15(12-16,14(18)19)11-13-7-4-3-5-8-13/h3-5,7-8H,6,9-11H2,1-2H3,(H,18,19)/t15-/m0/s1. The summed E-state index contributed by atoms with van der Waals surface area (Å²) in [5, 5.41) is 18.7. The van der Waals surface area contributed by atoms with Crippen LogP contribution in [-0.2, 0) is 11.2 Å². The molecule has 4 nitrogen and oxygen atoms in total. The molecule has 1 rings (SSSR count). The second-order valence-electron chi connectivity index (χ2n) is 5.07. The maximum Gasteiger partial charge on any atom is 0.324 e.